The van der Waals surface area contributed by atoms with Crippen molar-refractivity contribution in [3.63, 3.8) is 0 Å². The maximum absolute atomic E-state index is 11.2. The molecule has 2 N–H and O–H groups in total. The summed E-state index contributed by atoms with van der Waals surface area (Å²) in [5.74, 6) is -0.877. The highest BCUT2D eigenvalue weighted by molar-refractivity contribution is 7.13. The zero-order valence-corrected chi connectivity index (χ0v) is 13.2. The molecule has 5 nitrogen and oxygen atoms in total. The average molecular weight is 305 g/mol. The van der Waals surface area contributed by atoms with E-state index in [0.717, 1.165) is 12.1 Å². The molecule has 0 saturated heterocycles. The normalized spacial score (nSPS) is 11.4. The van der Waals surface area contributed by atoms with Gasteiger partial charge in [0.2, 0.25) is 0 Å². The van der Waals surface area contributed by atoms with E-state index < -0.39 is 11.4 Å². The Balaban J connectivity index is 2.08. The number of aromatic nitrogens is 2. The molecule has 0 aliphatic rings. The van der Waals surface area contributed by atoms with Crippen molar-refractivity contribution in [1.82, 2.24) is 9.97 Å². The predicted octanol–water partition coefficient (Wildman–Crippen LogP) is 3.07. The Bertz CT molecular complexity index is 637. The van der Waals surface area contributed by atoms with Crippen LogP contribution in [0.3, 0.4) is 0 Å². The number of aliphatic carboxylic acids is 1. The van der Waals surface area contributed by atoms with Gasteiger partial charge in [-0.1, -0.05) is 13.0 Å². The SMILES string of the molecule is CCc1cccnc1CNc1nc(C(C)(C)C(=O)O)cs1. The molecule has 0 unspecified atom stereocenters. The lowest BCUT2D eigenvalue weighted by Crippen LogP contribution is -2.28. The molecule has 112 valence electrons. The van der Waals surface area contributed by atoms with Crippen LogP contribution in [-0.4, -0.2) is 21.0 Å². The van der Waals surface area contributed by atoms with E-state index in [0.29, 0.717) is 17.4 Å². The third-order valence-electron chi connectivity index (χ3n) is 3.45. The maximum atomic E-state index is 11.2. The molecule has 2 rings (SSSR count). The molecule has 0 aliphatic carbocycles. The van der Waals surface area contributed by atoms with Crippen LogP contribution in [0.25, 0.3) is 0 Å². The topological polar surface area (TPSA) is 75.1 Å². The fourth-order valence-electron chi connectivity index (χ4n) is 1.86. The van der Waals surface area contributed by atoms with Crippen molar-refractivity contribution in [1.29, 1.82) is 0 Å². The number of hydrogen-bond acceptors (Lipinski definition) is 5. The zero-order chi connectivity index (χ0) is 15.5. The Morgan fingerprint density at radius 3 is 2.90 bits per heavy atom. The fraction of sp³-hybridized carbons (Fsp3) is 0.400. The summed E-state index contributed by atoms with van der Waals surface area (Å²) in [6.07, 6.45) is 2.71. The fourth-order valence-corrected chi connectivity index (χ4v) is 2.74. The zero-order valence-electron chi connectivity index (χ0n) is 12.4. The number of hydrogen-bond donors (Lipinski definition) is 2. The summed E-state index contributed by atoms with van der Waals surface area (Å²) in [4.78, 5) is 20.0. The lowest BCUT2D eigenvalue weighted by atomic mass is 9.90. The van der Waals surface area contributed by atoms with E-state index in [9.17, 15) is 9.90 Å². The Hall–Kier alpha value is -1.95. The minimum Gasteiger partial charge on any atom is -0.481 e. The molecular formula is C15H19N3O2S. The van der Waals surface area contributed by atoms with Crippen LogP contribution in [0.4, 0.5) is 5.13 Å². The first-order valence-corrected chi connectivity index (χ1v) is 7.69. The molecule has 0 aromatic carbocycles. The largest absolute Gasteiger partial charge is 0.481 e. The number of carbonyl (C=O) groups is 1. The van der Waals surface area contributed by atoms with Crippen LogP contribution in [0, 0.1) is 0 Å². The monoisotopic (exact) mass is 305 g/mol. The van der Waals surface area contributed by atoms with Gasteiger partial charge in [-0.2, -0.15) is 0 Å². The van der Waals surface area contributed by atoms with Gasteiger partial charge in [0.05, 0.1) is 17.9 Å². The molecule has 0 saturated carbocycles. The molecular weight excluding hydrogens is 286 g/mol. The van der Waals surface area contributed by atoms with E-state index in [-0.39, 0.29) is 0 Å². The van der Waals surface area contributed by atoms with Crippen molar-refractivity contribution in [3.8, 4) is 0 Å². The van der Waals surface area contributed by atoms with Crippen molar-refractivity contribution in [3.05, 3.63) is 40.7 Å². The third-order valence-corrected chi connectivity index (χ3v) is 4.25. The Kier molecular flexibility index (Phi) is 4.57. The number of anilines is 1. The summed E-state index contributed by atoms with van der Waals surface area (Å²) >= 11 is 1.41. The summed E-state index contributed by atoms with van der Waals surface area (Å²) in [7, 11) is 0. The van der Waals surface area contributed by atoms with Gasteiger partial charge in [-0.05, 0) is 31.9 Å². The van der Waals surface area contributed by atoms with Crippen LogP contribution in [0.1, 0.15) is 37.7 Å². The molecule has 0 fully saturated rings. The van der Waals surface area contributed by atoms with E-state index >= 15 is 0 Å². The molecule has 6 heteroatoms. The van der Waals surface area contributed by atoms with Crippen LogP contribution in [0.15, 0.2) is 23.7 Å². The van der Waals surface area contributed by atoms with Crippen LogP contribution >= 0.6 is 11.3 Å². The van der Waals surface area contributed by atoms with Gasteiger partial charge in [-0.15, -0.1) is 11.3 Å². The number of nitrogens with zero attached hydrogens (tertiary/aromatic N) is 2. The molecule has 2 heterocycles. The lowest BCUT2D eigenvalue weighted by Gasteiger charge is -2.15. The number of aryl methyl sites for hydroxylation is 1. The van der Waals surface area contributed by atoms with Gasteiger partial charge in [0.25, 0.3) is 0 Å². The second kappa shape index (κ2) is 6.22. The van der Waals surface area contributed by atoms with Gasteiger partial charge >= 0.3 is 5.97 Å². The van der Waals surface area contributed by atoms with Crippen LogP contribution < -0.4 is 5.32 Å². The molecule has 0 radical (unpaired) electrons. The standard InChI is InChI=1S/C15H19N3O2S/c1-4-10-6-5-7-16-11(10)8-17-14-18-12(9-21-14)15(2,3)13(19)20/h5-7,9H,4,8H2,1-3H3,(H,17,18)(H,19,20). The highest BCUT2D eigenvalue weighted by atomic mass is 32.1. The number of carboxylic acid groups (broad SMARTS) is 1. The third kappa shape index (κ3) is 3.39. The summed E-state index contributed by atoms with van der Waals surface area (Å²) < 4.78 is 0. The van der Waals surface area contributed by atoms with Crippen molar-refractivity contribution in [2.75, 3.05) is 5.32 Å². The molecule has 2 aromatic rings. The molecule has 0 bridgehead atoms. The molecule has 0 amide bonds. The van der Waals surface area contributed by atoms with Gasteiger partial charge in [0.1, 0.15) is 5.41 Å². The number of rotatable bonds is 6. The first-order valence-electron chi connectivity index (χ1n) is 6.81. The summed E-state index contributed by atoms with van der Waals surface area (Å²) in [6.45, 7) is 5.99. The molecule has 0 atom stereocenters. The minimum absolute atomic E-state index is 0.569. The summed E-state index contributed by atoms with van der Waals surface area (Å²) in [5, 5.41) is 14.9. The van der Waals surface area contributed by atoms with E-state index in [1.807, 2.05) is 6.07 Å². The Labute approximate surface area is 128 Å². The highest BCUT2D eigenvalue weighted by Gasteiger charge is 2.32. The highest BCUT2D eigenvalue weighted by Crippen LogP contribution is 2.27. The second-order valence-corrected chi connectivity index (χ2v) is 6.14. The smallest absolute Gasteiger partial charge is 0.315 e. The van der Waals surface area contributed by atoms with Gasteiger partial charge in [0.15, 0.2) is 5.13 Å². The quantitative estimate of drug-likeness (QED) is 0.858. The summed E-state index contributed by atoms with van der Waals surface area (Å²) in [6, 6.07) is 3.99. The molecule has 0 spiro atoms. The van der Waals surface area contributed by atoms with Crippen LogP contribution in [-0.2, 0) is 23.2 Å². The van der Waals surface area contributed by atoms with Crippen molar-refractivity contribution in [2.45, 2.75) is 39.2 Å². The number of thiazole rings is 1. The number of nitrogens with one attached hydrogen (secondary N) is 1. The van der Waals surface area contributed by atoms with Crippen LogP contribution in [0.5, 0.6) is 0 Å². The van der Waals surface area contributed by atoms with Gasteiger partial charge in [-0.25, -0.2) is 4.98 Å². The van der Waals surface area contributed by atoms with Crippen LogP contribution in [0.2, 0.25) is 0 Å². The van der Waals surface area contributed by atoms with E-state index in [2.05, 4.69) is 28.3 Å². The molecule has 21 heavy (non-hydrogen) atoms. The van der Waals surface area contributed by atoms with E-state index in [1.54, 1.807) is 25.4 Å². The average Bonchev–Trinajstić information content (AvgIpc) is 2.94. The Morgan fingerprint density at radius 1 is 1.48 bits per heavy atom. The van der Waals surface area contributed by atoms with Crippen molar-refractivity contribution in [2.24, 2.45) is 0 Å². The van der Waals surface area contributed by atoms with Gasteiger partial charge < -0.3 is 10.4 Å². The summed E-state index contributed by atoms with van der Waals surface area (Å²) in [5.41, 5.74) is 1.79. The minimum atomic E-state index is -0.976. The van der Waals surface area contributed by atoms with Crippen molar-refractivity contribution >= 4 is 22.4 Å². The number of pyridine rings is 1. The van der Waals surface area contributed by atoms with Gasteiger partial charge in [-0.3, -0.25) is 9.78 Å². The molecule has 0 aliphatic heterocycles. The molecule has 2 aromatic heterocycles. The first kappa shape index (κ1) is 15.4. The van der Waals surface area contributed by atoms with Gasteiger partial charge in [0, 0.05) is 11.6 Å². The first-order chi connectivity index (χ1) is 9.95. The maximum Gasteiger partial charge on any atom is 0.315 e. The Morgan fingerprint density at radius 2 is 2.24 bits per heavy atom. The second-order valence-electron chi connectivity index (χ2n) is 5.28. The lowest BCUT2D eigenvalue weighted by molar-refractivity contribution is -0.142. The van der Waals surface area contributed by atoms with E-state index in [4.69, 9.17) is 0 Å². The number of carboxylic acids is 1. The van der Waals surface area contributed by atoms with E-state index in [1.165, 1.54) is 16.9 Å². The predicted molar refractivity (Wildman–Crippen MR) is 83.7 cm³/mol. The van der Waals surface area contributed by atoms with Crippen molar-refractivity contribution < 1.29 is 9.90 Å².